The molecule has 0 aromatic carbocycles. The zero-order valence-electron chi connectivity index (χ0n) is 11.2. The smallest absolute Gasteiger partial charge is 0.329 e. The van der Waals surface area contributed by atoms with E-state index in [1.807, 2.05) is 0 Å². The lowest BCUT2D eigenvalue weighted by Crippen LogP contribution is -2.58. The van der Waals surface area contributed by atoms with Crippen molar-refractivity contribution in [2.75, 3.05) is 18.6 Å². The molecule has 3 N–H and O–H groups in total. The predicted octanol–water partition coefficient (Wildman–Crippen LogP) is 0.842. The second-order valence-corrected chi connectivity index (χ2v) is 6.51. The molecule has 0 spiro atoms. The Bertz CT molecular complexity index is 354. The summed E-state index contributed by atoms with van der Waals surface area (Å²) in [6.07, 6.45) is 5.85. The molecule has 1 rings (SSSR count). The molecule has 1 aliphatic rings. The van der Waals surface area contributed by atoms with Gasteiger partial charge in [0.25, 0.3) is 0 Å². The predicted molar refractivity (Wildman–Crippen MR) is 73.5 cm³/mol. The molecule has 0 aromatic rings. The van der Waals surface area contributed by atoms with Crippen LogP contribution in [0.1, 0.15) is 38.5 Å². The van der Waals surface area contributed by atoms with E-state index in [1.165, 1.54) is 0 Å². The highest BCUT2D eigenvalue weighted by Gasteiger charge is 2.40. The Balaban J connectivity index is 2.39. The monoisotopic (exact) mass is 290 g/mol. The van der Waals surface area contributed by atoms with E-state index >= 15 is 0 Å². The number of carboxylic acid groups (broad SMARTS) is 1. The summed E-state index contributed by atoms with van der Waals surface area (Å²) < 4.78 is 10.9. The Morgan fingerprint density at radius 3 is 2.42 bits per heavy atom. The average Bonchev–Trinajstić information content (AvgIpc) is 2.35. The lowest BCUT2D eigenvalue weighted by molar-refractivity contribution is -0.145. The quantitative estimate of drug-likeness (QED) is 0.632. The van der Waals surface area contributed by atoms with Crippen LogP contribution in [0.2, 0.25) is 0 Å². The number of aliphatic carboxylic acids is 1. The van der Waals surface area contributed by atoms with Gasteiger partial charge in [0.2, 0.25) is 0 Å². The standard InChI is InChI=1S/C12H22N2O4S/c1-19(18)9-5-8-13-11(17)14-12(10(15)16)6-3-2-4-7-12/h2-9H2,1H3,(H,15,16)(H2,13,14,17). The molecule has 0 heterocycles. The molecule has 0 radical (unpaired) electrons. The normalized spacial score (nSPS) is 19.4. The van der Waals surface area contributed by atoms with Gasteiger partial charge in [0.1, 0.15) is 5.54 Å². The number of nitrogens with one attached hydrogen (secondary N) is 2. The maximum Gasteiger partial charge on any atom is 0.329 e. The van der Waals surface area contributed by atoms with Crippen molar-refractivity contribution in [1.29, 1.82) is 0 Å². The van der Waals surface area contributed by atoms with Crippen molar-refractivity contribution in [1.82, 2.24) is 10.6 Å². The third-order valence-electron chi connectivity index (χ3n) is 3.36. The van der Waals surface area contributed by atoms with Crippen molar-refractivity contribution in [2.45, 2.75) is 44.1 Å². The number of carboxylic acids is 1. The zero-order chi connectivity index (χ0) is 14.3. The summed E-state index contributed by atoms with van der Waals surface area (Å²) >= 11 is 0. The summed E-state index contributed by atoms with van der Waals surface area (Å²) in [6, 6.07) is -0.453. The number of hydrogen-bond acceptors (Lipinski definition) is 3. The van der Waals surface area contributed by atoms with Crippen LogP contribution in [0.5, 0.6) is 0 Å². The molecule has 1 atom stereocenters. The largest absolute Gasteiger partial charge is 0.480 e. The molecule has 7 heteroatoms. The van der Waals surface area contributed by atoms with E-state index < -0.39 is 28.3 Å². The Morgan fingerprint density at radius 1 is 1.26 bits per heavy atom. The zero-order valence-corrected chi connectivity index (χ0v) is 12.1. The first kappa shape index (κ1) is 15.9. The fourth-order valence-electron chi connectivity index (χ4n) is 2.29. The van der Waals surface area contributed by atoms with Crippen molar-refractivity contribution in [3.8, 4) is 0 Å². The van der Waals surface area contributed by atoms with Crippen LogP contribution in [0.4, 0.5) is 4.79 Å². The lowest BCUT2D eigenvalue weighted by atomic mass is 9.82. The van der Waals surface area contributed by atoms with Gasteiger partial charge in [-0.05, 0) is 19.3 Å². The minimum absolute atomic E-state index is 0.404. The first-order valence-electron chi connectivity index (χ1n) is 6.56. The van der Waals surface area contributed by atoms with Crippen LogP contribution < -0.4 is 10.6 Å². The third kappa shape index (κ3) is 5.18. The van der Waals surface area contributed by atoms with Crippen LogP contribution in [-0.2, 0) is 15.6 Å². The van der Waals surface area contributed by atoms with Crippen LogP contribution >= 0.6 is 0 Å². The van der Waals surface area contributed by atoms with E-state index in [0.717, 1.165) is 19.3 Å². The highest BCUT2D eigenvalue weighted by molar-refractivity contribution is 7.84. The third-order valence-corrected chi connectivity index (χ3v) is 4.23. The molecule has 1 saturated carbocycles. The Kier molecular flexibility index (Phi) is 6.27. The molecule has 0 bridgehead atoms. The minimum atomic E-state index is -1.12. The van der Waals surface area contributed by atoms with Gasteiger partial charge in [0.15, 0.2) is 0 Å². The molecule has 0 aromatic heterocycles. The summed E-state index contributed by atoms with van der Waals surface area (Å²) in [7, 11) is -0.868. The van der Waals surface area contributed by atoms with Crippen LogP contribution in [0, 0.1) is 0 Å². The number of carbonyl (C=O) groups is 2. The van der Waals surface area contributed by atoms with E-state index in [-0.39, 0.29) is 0 Å². The molecule has 0 aliphatic heterocycles. The molecule has 19 heavy (non-hydrogen) atoms. The first-order valence-corrected chi connectivity index (χ1v) is 8.28. The summed E-state index contributed by atoms with van der Waals surface area (Å²) in [5.74, 6) is -0.429. The van der Waals surface area contributed by atoms with Gasteiger partial charge >= 0.3 is 12.0 Å². The second kappa shape index (κ2) is 7.47. The van der Waals surface area contributed by atoms with Gasteiger partial charge in [0, 0.05) is 29.4 Å². The summed E-state index contributed by atoms with van der Waals surface area (Å²) in [4.78, 5) is 23.1. The van der Waals surface area contributed by atoms with Crippen molar-refractivity contribution in [2.24, 2.45) is 0 Å². The SMILES string of the molecule is CS(=O)CCCNC(=O)NC1(C(=O)O)CCCCC1. The van der Waals surface area contributed by atoms with Gasteiger partial charge in [-0.3, -0.25) is 4.21 Å². The van der Waals surface area contributed by atoms with Gasteiger partial charge in [-0.15, -0.1) is 0 Å². The van der Waals surface area contributed by atoms with E-state index in [0.29, 0.717) is 31.6 Å². The molecule has 1 aliphatic carbocycles. The molecule has 0 saturated heterocycles. The van der Waals surface area contributed by atoms with Crippen LogP contribution in [0.25, 0.3) is 0 Å². The van der Waals surface area contributed by atoms with Crippen molar-refractivity contribution in [3.63, 3.8) is 0 Å². The molecule has 1 unspecified atom stereocenters. The van der Waals surface area contributed by atoms with Crippen LogP contribution in [0.15, 0.2) is 0 Å². The number of hydrogen-bond donors (Lipinski definition) is 3. The number of carbonyl (C=O) groups excluding carboxylic acids is 1. The lowest BCUT2D eigenvalue weighted by Gasteiger charge is -2.33. The molecular weight excluding hydrogens is 268 g/mol. The maximum atomic E-state index is 11.7. The van der Waals surface area contributed by atoms with E-state index in [2.05, 4.69) is 10.6 Å². The fourth-order valence-corrected chi connectivity index (χ4v) is 2.84. The fraction of sp³-hybridized carbons (Fsp3) is 0.833. The highest BCUT2D eigenvalue weighted by Crippen LogP contribution is 2.28. The Labute approximate surface area is 115 Å². The molecule has 6 nitrogen and oxygen atoms in total. The van der Waals surface area contributed by atoms with E-state index in [9.17, 15) is 18.9 Å². The van der Waals surface area contributed by atoms with Crippen LogP contribution in [-0.4, -0.2) is 45.4 Å². The maximum absolute atomic E-state index is 11.7. The summed E-state index contributed by atoms with van der Waals surface area (Å²) in [5.41, 5.74) is -1.12. The van der Waals surface area contributed by atoms with Gasteiger partial charge in [-0.25, -0.2) is 9.59 Å². The molecule has 2 amide bonds. The molecule has 110 valence electrons. The average molecular weight is 290 g/mol. The Morgan fingerprint density at radius 2 is 1.89 bits per heavy atom. The summed E-state index contributed by atoms with van der Waals surface area (Å²) in [5, 5.41) is 14.5. The second-order valence-electron chi connectivity index (χ2n) is 4.96. The molecule has 1 fully saturated rings. The van der Waals surface area contributed by atoms with Crippen molar-refractivity contribution < 1.29 is 18.9 Å². The topological polar surface area (TPSA) is 95.5 Å². The summed E-state index contributed by atoms with van der Waals surface area (Å²) in [6.45, 7) is 0.404. The van der Waals surface area contributed by atoms with Crippen LogP contribution in [0.3, 0.4) is 0 Å². The van der Waals surface area contributed by atoms with Gasteiger partial charge in [-0.1, -0.05) is 19.3 Å². The number of amides is 2. The molecular formula is C12H22N2O4S. The first-order chi connectivity index (χ1) is 8.96. The van der Waals surface area contributed by atoms with Gasteiger partial charge in [0.05, 0.1) is 0 Å². The number of urea groups is 1. The van der Waals surface area contributed by atoms with E-state index in [1.54, 1.807) is 6.26 Å². The van der Waals surface area contributed by atoms with E-state index in [4.69, 9.17) is 0 Å². The highest BCUT2D eigenvalue weighted by atomic mass is 32.2. The van der Waals surface area contributed by atoms with Crippen molar-refractivity contribution in [3.05, 3.63) is 0 Å². The van der Waals surface area contributed by atoms with Gasteiger partial charge < -0.3 is 15.7 Å². The minimum Gasteiger partial charge on any atom is -0.480 e. The van der Waals surface area contributed by atoms with Crippen molar-refractivity contribution >= 4 is 22.8 Å². The number of rotatable bonds is 6. The Hall–Kier alpha value is -1.11. The van der Waals surface area contributed by atoms with Gasteiger partial charge in [-0.2, -0.15) is 0 Å².